The van der Waals surface area contributed by atoms with Gasteiger partial charge in [-0.15, -0.1) is 0 Å². The van der Waals surface area contributed by atoms with Crippen molar-refractivity contribution >= 4 is 17.5 Å². The van der Waals surface area contributed by atoms with E-state index in [1.165, 1.54) is 0 Å². The molecule has 0 saturated heterocycles. The van der Waals surface area contributed by atoms with Crippen molar-refractivity contribution in [2.45, 2.75) is 6.42 Å². The van der Waals surface area contributed by atoms with Gasteiger partial charge in [0, 0.05) is 12.4 Å². The second-order valence-electron chi connectivity index (χ2n) is 3.58. The monoisotopic (exact) mass is 211 g/mol. The third kappa shape index (κ3) is 1.27. The summed E-state index contributed by atoms with van der Waals surface area (Å²) >= 11 is 0. The lowest BCUT2D eigenvalue weighted by Gasteiger charge is -2.14. The van der Waals surface area contributed by atoms with E-state index in [4.69, 9.17) is 0 Å². The molecule has 0 N–H and O–H groups in total. The first-order valence-corrected chi connectivity index (χ1v) is 5.04. The van der Waals surface area contributed by atoms with Gasteiger partial charge in [-0.05, 0) is 17.7 Å². The fourth-order valence-electron chi connectivity index (χ4n) is 1.88. The number of anilines is 2. The SMILES string of the molecule is O=C1Cc2ccccc2N1c1ncccn1. The van der Waals surface area contributed by atoms with Crippen molar-refractivity contribution in [1.82, 2.24) is 9.97 Å². The van der Waals surface area contributed by atoms with E-state index in [9.17, 15) is 4.79 Å². The highest BCUT2D eigenvalue weighted by molar-refractivity contribution is 6.05. The summed E-state index contributed by atoms with van der Waals surface area (Å²) < 4.78 is 0. The molecule has 1 aliphatic rings. The molecule has 0 spiro atoms. The minimum atomic E-state index is 0.0207. The average molecular weight is 211 g/mol. The summed E-state index contributed by atoms with van der Waals surface area (Å²) in [6, 6.07) is 9.44. The maximum absolute atomic E-state index is 11.9. The highest BCUT2D eigenvalue weighted by atomic mass is 16.2. The van der Waals surface area contributed by atoms with Gasteiger partial charge in [0.25, 0.3) is 0 Å². The zero-order chi connectivity index (χ0) is 11.0. The lowest BCUT2D eigenvalue weighted by atomic mass is 10.2. The molecule has 2 heterocycles. The Balaban J connectivity index is 2.13. The standard InChI is InChI=1S/C12H9N3O/c16-11-8-9-4-1-2-5-10(9)15(11)12-13-6-3-7-14-12/h1-7H,8H2. The Bertz CT molecular complexity index is 539. The first-order valence-electron chi connectivity index (χ1n) is 5.04. The van der Waals surface area contributed by atoms with Gasteiger partial charge < -0.3 is 0 Å². The van der Waals surface area contributed by atoms with Crippen molar-refractivity contribution in [2.24, 2.45) is 0 Å². The maximum atomic E-state index is 11.9. The van der Waals surface area contributed by atoms with E-state index in [0.717, 1.165) is 11.3 Å². The van der Waals surface area contributed by atoms with Gasteiger partial charge in [-0.1, -0.05) is 18.2 Å². The third-order valence-corrected chi connectivity index (χ3v) is 2.58. The van der Waals surface area contributed by atoms with Gasteiger partial charge in [0.2, 0.25) is 11.9 Å². The zero-order valence-electron chi connectivity index (χ0n) is 8.50. The van der Waals surface area contributed by atoms with E-state index in [-0.39, 0.29) is 5.91 Å². The number of hydrogen-bond donors (Lipinski definition) is 0. The predicted octanol–water partition coefficient (Wildman–Crippen LogP) is 1.70. The Morgan fingerprint density at radius 1 is 1.06 bits per heavy atom. The van der Waals surface area contributed by atoms with Crippen LogP contribution >= 0.6 is 0 Å². The minimum absolute atomic E-state index is 0.0207. The Morgan fingerprint density at radius 3 is 2.62 bits per heavy atom. The van der Waals surface area contributed by atoms with Crippen LogP contribution < -0.4 is 4.90 Å². The van der Waals surface area contributed by atoms with Gasteiger partial charge in [0.1, 0.15) is 0 Å². The second-order valence-corrected chi connectivity index (χ2v) is 3.58. The van der Waals surface area contributed by atoms with Gasteiger partial charge in [-0.3, -0.25) is 4.79 Å². The van der Waals surface area contributed by atoms with Gasteiger partial charge in [0.05, 0.1) is 12.1 Å². The molecule has 1 aromatic carbocycles. The molecule has 1 amide bonds. The van der Waals surface area contributed by atoms with E-state index in [1.807, 2.05) is 24.3 Å². The van der Waals surface area contributed by atoms with Crippen LogP contribution in [0.3, 0.4) is 0 Å². The van der Waals surface area contributed by atoms with Crippen LogP contribution in [0.2, 0.25) is 0 Å². The molecule has 4 heteroatoms. The normalized spacial score (nSPS) is 14.0. The van der Waals surface area contributed by atoms with E-state index in [1.54, 1.807) is 23.4 Å². The van der Waals surface area contributed by atoms with E-state index >= 15 is 0 Å². The van der Waals surface area contributed by atoms with Gasteiger partial charge in [-0.2, -0.15) is 0 Å². The van der Waals surface area contributed by atoms with Crippen LogP contribution in [0, 0.1) is 0 Å². The smallest absolute Gasteiger partial charge is 0.238 e. The molecule has 0 aliphatic carbocycles. The summed E-state index contributed by atoms with van der Waals surface area (Å²) in [5.74, 6) is 0.463. The molecule has 1 aromatic heterocycles. The number of rotatable bonds is 1. The van der Waals surface area contributed by atoms with Crippen LogP contribution in [0.25, 0.3) is 0 Å². The molecule has 0 radical (unpaired) electrons. The number of carbonyl (C=O) groups is 1. The lowest BCUT2D eigenvalue weighted by Crippen LogP contribution is -2.22. The fraction of sp³-hybridized carbons (Fsp3) is 0.0833. The first-order chi connectivity index (χ1) is 7.86. The van der Waals surface area contributed by atoms with Crippen molar-refractivity contribution in [3.8, 4) is 0 Å². The molecule has 2 aromatic rings. The van der Waals surface area contributed by atoms with Crippen LogP contribution in [0.5, 0.6) is 0 Å². The maximum Gasteiger partial charge on any atom is 0.238 e. The zero-order valence-corrected chi connectivity index (χ0v) is 8.50. The van der Waals surface area contributed by atoms with Gasteiger partial charge >= 0.3 is 0 Å². The van der Waals surface area contributed by atoms with E-state index < -0.39 is 0 Å². The minimum Gasteiger partial charge on any atom is -0.274 e. The van der Waals surface area contributed by atoms with Crippen molar-refractivity contribution in [3.63, 3.8) is 0 Å². The Morgan fingerprint density at radius 2 is 1.81 bits per heavy atom. The molecule has 0 bridgehead atoms. The Kier molecular flexibility index (Phi) is 1.93. The highest BCUT2D eigenvalue weighted by Crippen LogP contribution is 2.32. The molecule has 0 saturated carbocycles. The predicted molar refractivity (Wildman–Crippen MR) is 59.3 cm³/mol. The van der Waals surface area contributed by atoms with Crippen LogP contribution in [-0.2, 0) is 11.2 Å². The molecule has 4 nitrogen and oxygen atoms in total. The molecule has 1 aliphatic heterocycles. The third-order valence-electron chi connectivity index (χ3n) is 2.58. The molecule has 16 heavy (non-hydrogen) atoms. The summed E-state index contributed by atoms with van der Waals surface area (Å²) in [5.41, 5.74) is 1.92. The molecule has 0 atom stereocenters. The number of amides is 1. The van der Waals surface area contributed by atoms with Crippen molar-refractivity contribution in [2.75, 3.05) is 4.90 Å². The summed E-state index contributed by atoms with van der Waals surface area (Å²) in [7, 11) is 0. The van der Waals surface area contributed by atoms with E-state index in [0.29, 0.717) is 12.4 Å². The molecule has 0 unspecified atom stereocenters. The highest BCUT2D eigenvalue weighted by Gasteiger charge is 2.29. The van der Waals surface area contributed by atoms with Crippen molar-refractivity contribution in [3.05, 3.63) is 48.3 Å². The molecular formula is C12H9N3O. The quantitative estimate of drug-likeness (QED) is 0.721. The first kappa shape index (κ1) is 9.03. The van der Waals surface area contributed by atoms with Crippen LogP contribution in [-0.4, -0.2) is 15.9 Å². The molecule has 0 fully saturated rings. The summed E-state index contributed by atoms with van der Waals surface area (Å²) in [5, 5.41) is 0. The van der Waals surface area contributed by atoms with Crippen LogP contribution in [0.15, 0.2) is 42.7 Å². The topological polar surface area (TPSA) is 46.1 Å². The lowest BCUT2D eigenvalue weighted by molar-refractivity contribution is -0.116. The summed E-state index contributed by atoms with van der Waals surface area (Å²) in [4.78, 5) is 21.7. The second kappa shape index (κ2) is 3.41. The number of fused-ring (bicyclic) bond motifs is 1. The van der Waals surface area contributed by atoms with Gasteiger partial charge in [-0.25, -0.2) is 14.9 Å². The molecule has 78 valence electrons. The Labute approximate surface area is 92.6 Å². The molecule has 3 rings (SSSR count). The van der Waals surface area contributed by atoms with Crippen molar-refractivity contribution < 1.29 is 4.79 Å². The Hall–Kier alpha value is -2.23. The number of aromatic nitrogens is 2. The summed E-state index contributed by atoms with van der Waals surface area (Å²) in [6.45, 7) is 0. The number of carbonyl (C=O) groups excluding carboxylic acids is 1. The largest absolute Gasteiger partial charge is 0.274 e. The van der Waals surface area contributed by atoms with E-state index in [2.05, 4.69) is 9.97 Å². The number of nitrogens with zero attached hydrogens (tertiary/aromatic N) is 3. The average Bonchev–Trinajstić information content (AvgIpc) is 2.66. The fourth-order valence-corrected chi connectivity index (χ4v) is 1.88. The van der Waals surface area contributed by atoms with Crippen LogP contribution in [0.1, 0.15) is 5.56 Å². The van der Waals surface area contributed by atoms with Crippen LogP contribution in [0.4, 0.5) is 11.6 Å². The number of para-hydroxylation sites is 1. The van der Waals surface area contributed by atoms with Crippen molar-refractivity contribution in [1.29, 1.82) is 0 Å². The number of hydrogen-bond acceptors (Lipinski definition) is 3. The number of benzene rings is 1. The molecular weight excluding hydrogens is 202 g/mol. The summed E-state index contributed by atoms with van der Waals surface area (Å²) in [6.07, 6.45) is 3.70. The van der Waals surface area contributed by atoms with Gasteiger partial charge in [0.15, 0.2) is 0 Å².